The molecule has 0 aromatic heterocycles. The second-order valence-corrected chi connectivity index (χ2v) is 2.81. The minimum Gasteiger partial charge on any atom is -0.394 e. The van der Waals surface area contributed by atoms with Gasteiger partial charge in [0.1, 0.15) is 0 Å². The van der Waals surface area contributed by atoms with Crippen molar-refractivity contribution < 1.29 is 5.11 Å². The Balaban J connectivity index is 3.74. The van der Waals surface area contributed by atoms with E-state index in [1.165, 1.54) is 0 Å². The smallest absolute Gasteiger partial charge is 0.0627 e. The topological polar surface area (TPSA) is 32.6 Å². The monoisotopic (exact) mass is 167 g/mol. The Labute approximate surface area is 74.3 Å². The first-order valence-corrected chi connectivity index (χ1v) is 4.09. The van der Waals surface area contributed by atoms with Gasteiger partial charge in [0.05, 0.1) is 13.2 Å². The first-order chi connectivity index (χ1) is 5.66. The maximum absolute atomic E-state index is 8.48. The molecule has 0 saturated heterocycles. The van der Waals surface area contributed by atoms with Crippen LogP contribution in [0.25, 0.3) is 0 Å². The van der Waals surface area contributed by atoms with Crippen LogP contribution in [0.2, 0.25) is 0 Å². The normalized spacial score (nSPS) is 12.4. The fourth-order valence-electron chi connectivity index (χ4n) is 0.710. The molecule has 0 aromatic carbocycles. The Hall–Kier alpha value is -0.890. The number of aliphatic hydroxyl groups excluding tert-OH is 1. The molecule has 2 nitrogen and oxygen atoms in total. The summed E-state index contributed by atoms with van der Waals surface area (Å²) in [5.74, 6) is 0. The van der Waals surface area contributed by atoms with Crippen molar-refractivity contribution in [3.63, 3.8) is 0 Å². The number of aliphatic imine (C=N–C) groups is 1. The molecule has 0 aliphatic heterocycles. The van der Waals surface area contributed by atoms with E-state index < -0.39 is 0 Å². The van der Waals surface area contributed by atoms with Crippen molar-refractivity contribution in [3.05, 3.63) is 24.3 Å². The molecule has 68 valence electrons. The first-order valence-electron chi connectivity index (χ1n) is 4.09. The molecule has 0 aliphatic carbocycles. The van der Waals surface area contributed by atoms with Gasteiger partial charge in [0.25, 0.3) is 0 Å². The van der Waals surface area contributed by atoms with Crippen LogP contribution in [0.4, 0.5) is 0 Å². The number of hydrogen-bond acceptors (Lipinski definition) is 2. The molecule has 0 spiro atoms. The van der Waals surface area contributed by atoms with E-state index in [0.29, 0.717) is 6.54 Å². The SMILES string of the molecule is C=C(C)C/C=C\C(C)=NCCO. The number of hydrogen-bond donors (Lipinski definition) is 1. The van der Waals surface area contributed by atoms with Gasteiger partial charge in [0.2, 0.25) is 0 Å². The second-order valence-electron chi connectivity index (χ2n) is 2.81. The van der Waals surface area contributed by atoms with E-state index in [0.717, 1.165) is 17.7 Å². The molecule has 12 heavy (non-hydrogen) atoms. The Morgan fingerprint density at radius 1 is 1.50 bits per heavy atom. The van der Waals surface area contributed by atoms with Gasteiger partial charge >= 0.3 is 0 Å². The lowest BCUT2D eigenvalue weighted by Crippen LogP contribution is -1.92. The second kappa shape index (κ2) is 6.80. The van der Waals surface area contributed by atoms with Crippen LogP contribution in [0, 0.1) is 0 Å². The number of aliphatic hydroxyl groups is 1. The van der Waals surface area contributed by atoms with Crippen LogP contribution in [-0.4, -0.2) is 24.0 Å². The van der Waals surface area contributed by atoms with Crippen molar-refractivity contribution in [1.29, 1.82) is 0 Å². The number of rotatable bonds is 5. The Morgan fingerprint density at radius 2 is 2.17 bits per heavy atom. The summed E-state index contributed by atoms with van der Waals surface area (Å²) in [5, 5.41) is 8.48. The van der Waals surface area contributed by atoms with Gasteiger partial charge in [-0.3, -0.25) is 4.99 Å². The summed E-state index contributed by atoms with van der Waals surface area (Å²) < 4.78 is 0. The zero-order valence-electron chi connectivity index (χ0n) is 7.88. The lowest BCUT2D eigenvalue weighted by atomic mass is 10.2. The zero-order valence-corrected chi connectivity index (χ0v) is 7.88. The Morgan fingerprint density at radius 3 is 2.67 bits per heavy atom. The predicted octanol–water partition coefficient (Wildman–Crippen LogP) is 1.96. The fraction of sp³-hybridized carbons (Fsp3) is 0.500. The number of allylic oxidation sites excluding steroid dienone is 3. The van der Waals surface area contributed by atoms with E-state index in [1.54, 1.807) is 0 Å². The predicted molar refractivity (Wildman–Crippen MR) is 53.6 cm³/mol. The van der Waals surface area contributed by atoms with Crippen molar-refractivity contribution in [2.24, 2.45) is 4.99 Å². The molecule has 0 aromatic rings. The summed E-state index contributed by atoms with van der Waals surface area (Å²) in [6.45, 7) is 8.30. The van der Waals surface area contributed by atoms with Gasteiger partial charge in [-0.15, -0.1) is 0 Å². The van der Waals surface area contributed by atoms with E-state index in [1.807, 2.05) is 26.0 Å². The van der Waals surface area contributed by atoms with E-state index in [2.05, 4.69) is 11.6 Å². The van der Waals surface area contributed by atoms with Crippen LogP contribution in [-0.2, 0) is 0 Å². The molecule has 2 heteroatoms. The summed E-state index contributed by atoms with van der Waals surface area (Å²) >= 11 is 0. The highest BCUT2D eigenvalue weighted by atomic mass is 16.3. The average molecular weight is 167 g/mol. The highest BCUT2D eigenvalue weighted by molar-refractivity contribution is 5.92. The van der Waals surface area contributed by atoms with Crippen molar-refractivity contribution >= 4 is 5.71 Å². The van der Waals surface area contributed by atoms with Gasteiger partial charge in [0, 0.05) is 5.71 Å². The van der Waals surface area contributed by atoms with Crippen LogP contribution >= 0.6 is 0 Å². The Bertz CT molecular complexity index is 192. The van der Waals surface area contributed by atoms with Gasteiger partial charge in [-0.1, -0.05) is 18.2 Å². The van der Waals surface area contributed by atoms with Crippen LogP contribution in [0.5, 0.6) is 0 Å². The van der Waals surface area contributed by atoms with Crippen LogP contribution in [0.15, 0.2) is 29.3 Å². The van der Waals surface area contributed by atoms with Crippen molar-refractivity contribution in [2.45, 2.75) is 20.3 Å². The van der Waals surface area contributed by atoms with Gasteiger partial charge in [-0.2, -0.15) is 0 Å². The minimum absolute atomic E-state index is 0.117. The molecule has 0 fully saturated rings. The van der Waals surface area contributed by atoms with Crippen LogP contribution in [0.1, 0.15) is 20.3 Å². The fourth-order valence-corrected chi connectivity index (χ4v) is 0.710. The maximum atomic E-state index is 8.48. The molecule has 0 heterocycles. The lowest BCUT2D eigenvalue weighted by molar-refractivity contribution is 0.307. The number of nitrogens with zero attached hydrogens (tertiary/aromatic N) is 1. The standard InChI is InChI=1S/C10H17NO/c1-9(2)5-4-6-10(3)11-7-8-12/h4,6,12H,1,5,7-8H2,2-3H3/b6-4-,11-10?. The van der Waals surface area contributed by atoms with E-state index in [4.69, 9.17) is 5.11 Å². The van der Waals surface area contributed by atoms with Gasteiger partial charge < -0.3 is 5.11 Å². The van der Waals surface area contributed by atoms with Crippen LogP contribution < -0.4 is 0 Å². The van der Waals surface area contributed by atoms with E-state index in [-0.39, 0.29) is 6.61 Å². The molecule has 1 N–H and O–H groups in total. The van der Waals surface area contributed by atoms with Gasteiger partial charge in [0.15, 0.2) is 0 Å². The summed E-state index contributed by atoms with van der Waals surface area (Å²) in [6, 6.07) is 0. The van der Waals surface area contributed by atoms with Gasteiger partial charge in [-0.25, -0.2) is 0 Å². The lowest BCUT2D eigenvalue weighted by Gasteiger charge is -1.92. The highest BCUT2D eigenvalue weighted by Crippen LogP contribution is 1.96. The van der Waals surface area contributed by atoms with Crippen molar-refractivity contribution in [2.75, 3.05) is 13.2 Å². The third-order valence-corrected chi connectivity index (χ3v) is 1.29. The van der Waals surface area contributed by atoms with Gasteiger partial charge in [-0.05, 0) is 26.3 Å². The molecular formula is C10H17NO. The molecule has 0 radical (unpaired) electrons. The average Bonchev–Trinajstić information content (AvgIpc) is 2.00. The summed E-state index contributed by atoms with van der Waals surface area (Å²) in [4.78, 5) is 4.09. The molecule has 0 aliphatic rings. The molecule has 0 bridgehead atoms. The maximum Gasteiger partial charge on any atom is 0.0627 e. The third kappa shape index (κ3) is 7.22. The van der Waals surface area contributed by atoms with Crippen LogP contribution in [0.3, 0.4) is 0 Å². The first kappa shape index (κ1) is 11.1. The molecular weight excluding hydrogens is 150 g/mol. The molecule has 0 amide bonds. The van der Waals surface area contributed by atoms with E-state index >= 15 is 0 Å². The van der Waals surface area contributed by atoms with Crippen molar-refractivity contribution in [1.82, 2.24) is 0 Å². The third-order valence-electron chi connectivity index (χ3n) is 1.29. The van der Waals surface area contributed by atoms with E-state index in [9.17, 15) is 0 Å². The molecule has 0 rings (SSSR count). The Kier molecular flexibility index (Phi) is 6.29. The summed E-state index contributed by atoms with van der Waals surface area (Å²) in [7, 11) is 0. The molecule has 0 unspecified atom stereocenters. The largest absolute Gasteiger partial charge is 0.394 e. The quantitative estimate of drug-likeness (QED) is 0.492. The minimum atomic E-state index is 0.117. The zero-order chi connectivity index (χ0) is 9.40. The summed E-state index contributed by atoms with van der Waals surface area (Å²) in [6.07, 6.45) is 4.87. The molecule has 0 saturated carbocycles. The summed E-state index contributed by atoms with van der Waals surface area (Å²) in [5.41, 5.74) is 2.09. The highest BCUT2D eigenvalue weighted by Gasteiger charge is 1.83. The molecule has 0 atom stereocenters. The van der Waals surface area contributed by atoms with Crippen molar-refractivity contribution in [3.8, 4) is 0 Å².